The Kier molecular flexibility index (Phi) is 6.67. The summed E-state index contributed by atoms with van der Waals surface area (Å²) in [4.78, 5) is 27.2. The number of hydrogen-bond acceptors (Lipinski definition) is 4. The fourth-order valence-corrected chi connectivity index (χ4v) is 3.38. The van der Waals surface area contributed by atoms with Crippen LogP contribution in [0.5, 0.6) is 0 Å². The van der Waals surface area contributed by atoms with Gasteiger partial charge in [-0.1, -0.05) is 12.1 Å². The highest BCUT2D eigenvalue weighted by Crippen LogP contribution is 2.33. The molecule has 0 saturated heterocycles. The van der Waals surface area contributed by atoms with Gasteiger partial charge in [0, 0.05) is 36.2 Å². The molecule has 168 valence electrons. The van der Waals surface area contributed by atoms with E-state index in [0.29, 0.717) is 5.69 Å². The number of nitrogens with zero attached hydrogens (tertiary/aromatic N) is 3. The van der Waals surface area contributed by atoms with E-state index in [9.17, 15) is 22.8 Å². The summed E-state index contributed by atoms with van der Waals surface area (Å²) in [6, 6.07) is 13.0. The number of aryl methyl sites for hydroxylation is 1. The molecule has 1 amide bonds. The highest BCUT2D eigenvalue weighted by atomic mass is 19.4. The van der Waals surface area contributed by atoms with E-state index in [2.05, 4.69) is 15.3 Å². The Balaban J connectivity index is 1.95. The maximum absolute atomic E-state index is 13.4. The number of hydrogen-bond donors (Lipinski definition) is 1. The van der Waals surface area contributed by atoms with Crippen molar-refractivity contribution in [2.75, 3.05) is 23.3 Å². The Morgan fingerprint density at radius 3 is 2.28 bits per heavy atom. The smallest absolute Gasteiger partial charge is 0.372 e. The SMILES string of the molecule is CCN(CC)c1ccc(NC(=O)c2nn(-c3ccccc3C(F)(F)F)c(C)cc2=O)cc1. The number of aromatic nitrogens is 2. The first kappa shape index (κ1) is 23.1. The van der Waals surface area contributed by atoms with Crippen molar-refractivity contribution in [3.8, 4) is 5.69 Å². The van der Waals surface area contributed by atoms with Crippen LogP contribution in [0.15, 0.2) is 59.4 Å². The molecule has 3 aromatic rings. The molecule has 0 spiro atoms. The van der Waals surface area contributed by atoms with E-state index in [4.69, 9.17) is 0 Å². The number of amides is 1. The topological polar surface area (TPSA) is 67.2 Å². The van der Waals surface area contributed by atoms with Crippen molar-refractivity contribution in [3.63, 3.8) is 0 Å². The van der Waals surface area contributed by atoms with Crippen LogP contribution in [-0.4, -0.2) is 28.8 Å². The van der Waals surface area contributed by atoms with Crippen LogP contribution < -0.4 is 15.6 Å². The normalized spacial score (nSPS) is 11.3. The average molecular weight is 444 g/mol. The highest BCUT2D eigenvalue weighted by molar-refractivity contribution is 6.02. The van der Waals surface area contributed by atoms with Gasteiger partial charge in [-0.15, -0.1) is 0 Å². The number of halogens is 3. The molecule has 0 saturated carbocycles. The lowest BCUT2D eigenvalue weighted by Crippen LogP contribution is -2.27. The first-order chi connectivity index (χ1) is 15.2. The van der Waals surface area contributed by atoms with E-state index in [1.54, 1.807) is 12.1 Å². The number of rotatable bonds is 6. The molecule has 3 rings (SSSR count). The Morgan fingerprint density at radius 2 is 1.69 bits per heavy atom. The van der Waals surface area contributed by atoms with Crippen molar-refractivity contribution in [1.29, 1.82) is 0 Å². The van der Waals surface area contributed by atoms with Crippen LogP contribution in [0.1, 0.15) is 35.6 Å². The van der Waals surface area contributed by atoms with Crippen LogP contribution in [0.4, 0.5) is 24.5 Å². The van der Waals surface area contributed by atoms with Crippen LogP contribution >= 0.6 is 0 Å². The van der Waals surface area contributed by atoms with Crippen molar-refractivity contribution in [2.24, 2.45) is 0 Å². The molecule has 0 aliphatic carbocycles. The highest BCUT2D eigenvalue weighted by Gasteiger charge is 2.34. The Bertz CT molecular complexity index is 1170. The lowest BCUT2D eigenvalue weighted by Gasteiger charge is -2.21. The van der Waals surface area contributed by atoms with Crippen molar-refractivity contribution in [3.05, 3.63) is 81.8 Å². The summed E-state index contributed by atoms with van der Waals surface area (Å²) in [6.45, 7) is 7.17. The van der Waals surface area contributed by atoms with Crippen molar-refractivity contribution >= 4 is 17.3 Å². The lowest BCUT2D eigenvalue weighted by atomic mass is 10.1. The van der Waals surface area contributed by atoms with E-state index in [1.165, 1.54) is 25.1 Å². The number of anilines is 2. The summed E-state index contributed by atoms with van der Waals surface area (Å²) in [6.07, 6.45) is -4.62. The molecule has 1 heterocycles. The van der Waals surface area contributed by atoms with Crippen LogP contribution in [-0.2, 0) is 6.18 Å². The van der Waals surface area contributed by atoms with Crippen molar-refractivity contribution in [2.45, 2.75) is 26.9 Å². The minimum absolute atomic E-state index is 0.173. The summed E-state index contributed by atoms with van der Waals surface area (Å²) < 4.78 is 41.3. The van der Waals surface area contributed by atoms with Gasteiger partial charge in [0.25, 0.3) is 5.91 Å². The van der Waals surface area contributed by atoms with Gasteiger partial charge >= 0.3 is 6.18 Å². The molecule has 0 radical (unpaired) electrons. The summed E-state index contributed by atoms with van der Waals surface area (Å²) in [5.41, 5.74) is -0.775. The summed E-state index contributed by atoms with van der Waals surface area (Å²) in [7, 11) is 0. The molecule has 1 aromatic heterocycles. The van der Waals surface area contributed by atoms with Gasteiger partial charge in [-0.2, -0.15) is 18.3 Å². The Labute approximate surface area is 183 Å². The van der Waals surface area contributed by atoms with E-state index in [0.717, 1.165) is 35.6 Å². The monoisotopic (exact) mass is 444 g/mol. The first-order valence-electron chi connectivity index (χ1n) is 10.1. The maximum Gasteiger partial charge on any atom is 0.418 e. The first-order valence-corrected chi connectivity index (χ1v) is 10.1. The van der Waals surface area contributed by atoms with Gasteiger partial charge in [0.2, 0.25) is 5.43 Å². The molecule has 0 atom stereocenters. The number of nitrogens with one attached hydrogen (secondary N) is 1. The summed E-state index contributed by atoms with van der Waals surface area (Å²) in [5.74, 6) is -0.802. The summed E-state index contributed by atoms with van der Waals surface area (Å²) >= 11 is 0. The third-order valence-corrected chi connectivity index (χ3v) is 5.01. The predicted molar refractivity (Wildman–Crippen MR) is 118 cm³/mol. The minimum Gasteiger partial charge on any atom is -0.372 e. The van der Waals surface area contributed by atoms with Crippen LogP contribution in [0.3, 0.4) is 0 Å². The second-order valence-corrected chi connectivity index (χ2v) is 7.10. The molecule has 32 heavy (non-hydrogen) atoms. The molecular formula is C23H23F3N4O2. The maximum atomic E-state index is 13.4. The molecule has 0 aliphatic rings. The second kappa shape index (κ2) is 9.25. The number of carbonyl (C=O) groups is 1. The van der Waals surface area contributed by atoms with Crippen LogP contribution in [0.25, 0.3) is 5.69 Å². The standard InChI is InChI=1S/C23H23F3N4O2/c1-4-29(5-2)17-12-10-16(11-13-17)27-22(32)21-20(31)14-15(3)30(28-21)19-9-7-6-8-18(19)23(24,25)26/h6-14H,4-5H2,1-3H3,(H,27,32). The fourth-order valence-electron chi connectivity index (χ4n) is 3.38. The zero-order chi connectivity index (χ0) is 23.5. The zero-order valence-electron chi connectivity index (χ0n) is 17.9. The fraction of sp³-hybridized carbons (Fsp3) is 0.261. The minimum atomic E-state index is -4.62. The number of alkyl halides is 3. The summed E-state index contributed by atoms with van der Waals surface area (Å²) in [5, 5.41) is 6.56. The number of carbonyl (C=O) groups excluding carboxylic acids is 1. The van der Waals surface area contributed by atoms with E-state index < -0.39 is 28.8 Å². The third-order valence-electron chi connectivity index (χ3n) is 5.01. The number of para-hydroxylation sites is 1. The van der Waals surface area contributed by atoms with Gasteiger partial charge in [0.05, 0.1) is 11.3 Å². The van der Waals surface area contributed by atoms with Gasteiger partial charge in [-0.25, -0.2) is 4.68 Å². The third kappa shape index (κ3) is 4.82. The molecular weight excluding hydrogens is 421 g/mol. The molecule has 2 aromatic carbocycles. The molecule has 9 heteroatoms. The average Bonchev–Trinajstić information content (AvgIpc) is 2.75. The van der Waals surface area contributed by atoms with Crippen molar-refractivity contribution in [1.82, 2.24) is 9.78 Å². The van der Waals surface area contributed by atoms with Gasteiger partial charge in [-0.3, -0.25) is 9.59 Å². The van der Waals surface area contributed by atoms with E-state index in [1.807, 2.05) is 26.0 Å². The molecule has 0 aliphatic heterocycles. The van der Waals surface area contributed by atoms with E-state index in [-0.39, 0.29) is 11.4 Å². The largest absolute Gasteiger partial charge is 0.418 e. The molecule has 6 nitrogen and oxygen atoms in total. The molecule has 0 unspecified atom stereocenters. The van der Waals surface area contributed by atoms with Gasteiger partial charge < -0.3 is 10.2 Å². The van der Waals surface area contributed by atoms with Gasteiger partial charge in [-0.05, 0) is 57.2 Å². The molecule has 0 fully saturated rings. The molecule has 1 N–H and O–H groups in total. The molecule has 0 bridgehead atoms. The number of benzene rings is 2. The second-order valence-electron chi connectivity index (χ2n) is 7.10. The van der Waals surface area contributed by atoms with Gasteiger partial charge in [0.1, 0.15) is 0 Å². The van der Waals surface area contributed by atoms with Crippen LogP contribution in [0, 0.1) is 6.92 Å². The van der Waals surface area contributed by atoms with Gasteiger partial charge in [0.15, 0.2) is 5.69 Å². The quantitative estimate of drug-likeness (QED) is 0.601. The van der Waals surface area contributed by atoms with Crippen molar-refractivity contribution < 1.29 is 18.0 Å². The van der Waals surface area contributed by atoms with E-state index >= 15 is 0 Å². The lowest BCUT2D eigenvalue weighted by molar-refractivity contribution is -0.137. The Hall–Kier alpha value is -3.62. The predicted octanol–water partition coefficient (Wildman–Crippen LogP) is 4.66. The van der Waals surface area contributed by atoms with Crippen LogP contribution in [0.2, 0.25) is 0 Å². The Morgan fingerprint density at radius 1 is 1.06 bits per heavy atom. The zero-order valence-corrected chi connectivity index (χ0v) is 17.9.